The molecule has 0 aromatic heterocycles. The van der Waals surface area contributed by atoms with Crippen molar-refractivity contribution in [1.82, 2.24) is 0 Å². The molecule has 0 saturated carbocycles. The third-order valence-corrected chi connectivity index (χ3v) is 4.77. The van der Waals surface area contributed by atoms with Crippen LogP contribution in [0.15, 0.2) is 72.3 Å². The smallest absolute Gasteiger partial charge is 0.349 e. The lowest BCUT2D eigenvalue weighted by molar-refractivity contribution is -0.143. The van der Waals surface area contributed by atoms with Gasteiger partial charge in [0.15, 0.2) is 6.61 Å². The van der Waals surface area contributed by atoms with Gasteiger partial charge in [0.1, 0.15) is 17.4 Å². The zero-order valence-corrected chi connectivity index (χ0v) is 17.4. The molecule has 0 radical (unpaired) electrons. The number of carbonyl (C=O) groups is 2. The molecule has 0 spiro atoms. The van der Waals surface area contributed by atoms with Crippen molar-refractivity contribution < 1.29 is 19.1 Å². The van der Waals surface area contributed by atoms with Crippen LogP contribution in [-0.4, -0.2) is 32.1 Å². The predicted molar refractivity (Wildman–Crippen MR) is 120 cm³/mol. The van der Waals surface area contributed by atoms with Gasteiger partial charge in [0.25, 0.3) is 5.91 Å². The average Bonchev–Trinajstić information content (AvgIpc) is 2.82. The van der Waals surface area contributed by atoms with Crippen molar-refractivity contribution in [2.75, 3.05) is 25.2 Å². The Labute approximate surface area is 180 Å². The Hall–Kier alpha value is -4.11. The summed E-state index contributed by atoms with van der Waals surface area (Å²) in [6.45, 7) is 1.81. The zero-order chi connectivity index (χ0) is 22.2. The number of nitrogens with zero attached hydrogens (tertiary/aromatic N) is 2. The number of carbonyl (C=O) groups excluding carboxylic acids is 2. The van der Waals surface area contributed by atoms with Gasteiger partial charge < -0.3 is 14.4 Å². The lowest BCUT2D eigenvalue weighted by Crippen LogP contribution is -2.34. The fourth-order valence-corrected chi connectivity index (χ4v) is 3.21. The third-order valence-electron chi connectivity index (χ3n) is 4.77. The molecule has 0 aliphatic heterocycles. The third kappa shape index (κ3) is 5.09. The van der Waals surface area contributed by atoms with Gasteiger partial charge in [-0.05, 0) is 42.1 Å². The first kappa shape index (κ1) is 21.6. The van der Waals surface area contributed by atoms with Gasteiger partial charge in [0.2, 0.25) is 0 Å². The second-order valence-electron chi connectivity index (χ2n) is 6.66. The molecule has 0 saturated heterocycles. The molecule has 0 heterocycles. The lowest BCUT2D eigenvalue weighted by Gasteiger charge is -2.22. The van der Waals surface area contributed by atoms with Crippen molar-refractivity contribution in [1.29, 1.82) is 5.26 Å². The molecular formula is C25H22N2O4. The Morgan fingerprint density at radius 2 is 1.74 bits per heavy atom. The molecule has 1 amide bonds. The Kier molecular flexibility index (Phi) is 7.02. The first-order valence-corrected chi connectivity index (χ1v) is 9.78. The molecule has 0 aliphatic rings. The standard InChI is InChI=1S/C25H22N2O4/c1-3-27(23-10-6-8-19-7-4-5-9-22(19)23)24(28)17-31-25(29)20(16-26)15-18-11-13-21(30-2)14-12-18/h4-15H,3,17H2,1-2H3/b20-15+. The van der Waals surface area contributed by atoms with Gasteiger partial charge in [0.05, 0.1) is 12.8 Å². The summed E-state index contributed by atoms with van der Waals surface area (Å²) < 4.78 is 10.2. The van der Waals surface area contributed by atoms with Crippen molar-refractivity contribution in [2.24, 2.45) is 0 Å². The Bertz CT molecular complexity index is 1150. The number of amides is 1. The molecule has 6 heteroatoms. The van der Waals surface area contributed by atoms with Gasteiger partial charge in [-0.2, -0.15) is 5.26 Å². The summed E-state index contributed by atoms with van der Waals surface area (Å²) in [7, 11) is 1.55. The normalized spacial score (nSPS) is 10.9. The van der Waals surface area contributed by atoms with Crippen LogP contribution in [0.4, 0.5) is 5.69 Å². The molecule has 3 aromatic rings. The Morgan fingerprint density at radius 1 is 1.03 bits per heavy atom. The summed E-state index contributed by atoms with van der Waals surface area (Å²) >= 11 is 0. The fraction of sp³-hybridized carbons (Fsp3) is 0.160. The van der Waals surface area contributed by atoms with Gasteiger partial charge in [0, 0.05) is 11.9 Å². The number of ether oxygens (including phenoxy) is 2. The topological polar surface area (TPSA) is 79.6 Å². The maximum atomic E-state index is 12.8. The van der Waals surface area contributed by atoms with Gasteiger partial charge in [-0.15, -0.1) is 0 Å². The van der Waals surface area contributed by atoms with Crippen molar-refractivity contribution >= 4 is 34.4 Å². The van der Waals surface area contributed by atoms with Crippen LogP contribution >= 0.6 is 0 Å². The minimum absolute atomic E-state index is 0.189. The summed E-state index contributed by atoms with van der Waals surface area (Å²) in [6, 6.07) is 22.2. The molecule has 31 heavy (non-hydrogen) atoms. The highest BCUT2D eigenvalue weighted by molar-refractivity contribution is 6.05. The summed E-state index contributed by atoms with van der Waals surface area (Å²) in [6.07, 6.45) is 1.41. The molecule has 0 atom stereocenters. The maximum Gasteiger partial charge on any atom is 0.349 e. The summed E-state index contributed by atoms with van der Waals surface area (Å²) in [4.78, 5) is 26.7. The summed E-state index contributed by atoms with van der Waals surface area (Å²) in [5, 5.41) is 11.3. The molecule has 0 bridgehead atoms. The average molecular weight is 414 g/mol. The van der Waals surface area contributed by atoms with Crippen LogP contribution in [0.3, 0.4) is 0 Å². The molecule has 3 aromatic carbocycles. The molecule has 156 valence electrons. The van der Waals surface area contributed by atoms with E-state index in [1.165, 1.54) is 6.08 Å². The maximum absolute atomic E-state index is 12.8. The highest BCUT2D eigenvalue weighted by atomic mass is 16.5. The minimum atomic E-state index is -0.847. The van der Waals surface area contributed by atoms with E-state index in [9.17, 15) is 14.9 Å². The highest BCUT2D eigenvalue weighted by Crippen LogP contribution is 2.26. The Balaban J connectivity index is 1.72. The zero-order valence-electron chi connectivity index (χ0n) is 17.4. The van der Waals surface area contributed by atoms with Crippen LogP contribution in [0.5, 0.6) is 5.75 Å². The number of nitriles is 1. The lowest BCUT2D eigenvalue weighted by atomic mass is 10.1. The van der Waals surface area contributed by atoms with E-state index in [0.29, 0.717) is 17.9 Å². The minimum Gasteiger partial charge on any atom is -0.497 e. The van der Waals surface area contributed by atoms with E-state index >= 15 is 0 Å². The largest absolute Gasteiger partial charge is 0.497 e. The second-order valence-corrected chi connectivity index (χ2v) is 6.66. The molecule has 0 fully saturated rings. The van der Waals surface area contributed by atoms with Gasteiger partial charge in [-0.25, -0.2) is 4.79 Å². The number of likely N-dealkylation sites (N-methyl/N-ethyl adjacent to an activating group) is 1. The van der Waals surface area contributed by atoms with Gasteiger partial charge in [-0.3, -0.25) is 4.79 Å². The quantitative estimate of drug-likeness (QED) is 0.326. The van der Waals surface area contributed by atoms with Crippen LogP contribution in [0, 0.1) is 11.3 Å². The van der Waals surface area contributed by atoms with Crippen molar-refractivity contribution in [3.05, 3.63) is 77.9 Å². The van der Waals surface area contributed by atoms with Crippen LogP contribution in [0.2, 0.25) is 0 Å². The summed E-state index contributed by atoms with van der Waals surface area (Å²) in [5.74, 6) is -0.550. The Morgan fingerprint density at radius 3 is 2.42 bits per heavy atom. The van der Waals surface area contributed by atoms with E-state index < -0.39 is 12.6 Å². The number of esters is 1. The number of hydrogen-bond acceptors (Lipinski definition) is 5. The van der Waals surface area contributed by atoms with E-state index in [4.69, 9.17) is 9.47 Å². The van der Waals surface area contributed by atoms with E-state index in [2.05, 4.69) is 0 Å². The number of anilines is 1. The van der Waals surface area contributed by atoms with Crippen molar-refractivity contribution in [3.8, 4) is 11.8 Å². The fourth-order valence-electron chi connectivity index (χ4n) is 3.21. The van der Waals surface area contributed by atoms with Gasteiger partial charge >= 0.3 is 5.97 Å². The summed E-state index contributed by atoms with van der Waals surface area (Å²) in [5.41, 5.74) is 1.20. The first-order chi connectivity index (χ1) is 15.1. The van der Waals surface area contributed by atoms with Crippen molar-refractivity contribution in [2.45, 2.75) is 6.92 Å². The highest BCUT2D eigenvalue weighted by Gasteiger charge is 2.19. The SMILES string of the molecule is CCN(C(=O)COC(=O)/C(C#N)=C/c1ccc(OC)cc1)c1cccc2ccccc12. The second kappa shape index (κ2) is 10.1. The van der Waals surface area contributed by atoms with Crippen LogP contribution in [0.25, 0.3) is 16.8 Å². The number of fused-ring (bicyclic) bond motifs is 1. The van der Waals surface area contributed by atoms with E-state index in [0.717, 1.165) is 16.5 Å². The molecule has 3 rings (SSSR count). The number of rotatable bonds is 7. The first-order valence-electron chi connectivity index (χ1n) is 9.78. The predicted octanol–water partition coefficient (Wildman–Crippen LogP) is 4.35. The molecular weight excluding hydrogens is 392 g/mol. The number of benzene rings is 3. The van der Waals surface area contributed by atoms with Gasteiger partial charge in [-0.1, -0.05) is 48.5 Å². The number of methoxy groups -OCH3 is 1. The monoisotopic (exact) mass is 414 g/mol. The van der Waals surface area contributed by atoms with E-state index in [1.807, 2.05) is 55.5 Å². The number of hydrogen-bond donors (Lipinski definition) is 0. The van der Waals surface area contributed by atoms with Crippen LogP contribution in [-0.2, 0) is 14.3 Å². The van der Waals surface area contributed by atoms with E-state index in [1.54, 1.807) is 36.3 Å². The molecule has 0 aliphatic carbocycles. The van der Waals surface area contributed by atoms with Crippen LogP contribution < -0.4 is 9.64 Å². The van der Waals surface area contributed by atoms with Crippen molar-refractivity contribution in [3.63, 3.8) is 0 Å². The molecule has 6 nitrogen and oxygen atoms in total. The molecule has 0 N–H and O–H groups in total. The van der Waals surface area contributed by atoms with E-state index in [-0.39, 0.29) is 11.5 Å². The molecule has 0 unspecified atom stereocenters. The van der Waals surface area contributed by atoms with Crippen LogP contribution in [0.1, 0.15) is 12.5 Å².